The number of nitrogens with one attached hydrogen (secondary N) is 1. The van der Waals surface area contributed by atoms with Crippen molar-refractivity contribution >= 4 is 44.6 Å². The number of nitrogens with zero attached hydrogens (tertiary/aromatic N) is 8. The monoisotopic (exact) mass is 735 g/mol. The Morgan fingerprint density at radius 2 is 1.94 bits per heavy atom. The number of hydrogen-bond acceptors (Lipinski definition) is 9. The van der Waals surface area contributed by atoms with Crippen LogP contribution in [0, 0.1) is 5.82 Å². The van der Waals surface area contributed by atoms with Gasteiger partial charge in [0.05, 0.1) is 24.2 Å². The van der Waals surface area contributed by atoms with Crippen molar-refractivity contribution in [1.29, 1.82) is 0 Å². The van der Waals surface area contributed by atoms with Crippen molar-refractivity contribution in [2.24, 2.45) is 4.99 Å². The Hall–Kier alpha value is -3.61. The number of benzene rings is 1. The number of amidine groups is 1. The predicted octanol–water partition coefficient (Wildman–Crippen LogP) is 4.85. The van der Waals surface area contributed by atoms with E-state index in [4.69, 9.17) is 16.6 Å². The van der Waals surface area contributed by atoms with Gasteiger partial charge in [0.25, 0.3) is 10.2 Å². The number of fused-ring (bicyclic) bond motifs is 1. The third-order valence-corrected chi connectivity index (χ3v) is 12.1. The number of thiazole rings is 1. The van der Waals surface area contributed by atoms with Crippen LogP contribution < -0.4 is 4.72 Å². The second-order valence-corrected chi connectivity index (χ2v) is 15.6. The largest absolute Gasteiger partial charge is 0.388 e. The summed E-state index contributed by atoms with van der Waals surface area (Å²) >= 11 is 7.88. The minimum Gasteiger partial charge on any atom is -0.388 e. The molecule has 6 heterocycles. The molecule has 3 aromatic heterocycles. The van der Waals surface area contributed by atoms with Gasteiger partial charge in [-0.1, -0.05) is 17.7 Å². The van der Waals surface area contributed by atoms with Crippen LogP contribution in [-0.2, 0) is 16.8 Å². The normalized spacial score (nSPS) is 26.4. The molecule has 260 valence electrons. The van der Waals surface area contributed by atoms with Gasteiger partial charge < -0.3 is 14.6 Å². The number of alkyl halides is 2. The number of aliphatic hydroxyl groups is 1. The van der Waals surface area contributed by atoms with Gasteiger partial charge in [0.1, 0.15) is 11.9 Å². The van der Waals surface area contributed by atoms with E-state index < -0.39 is 52.3 Å². The maximum absolute atomic E-state index is 14.2. The Bertz CT molecular complexity index is 1990. The highest BCUT2D eigenvalue weighted by atomic mass is 35.5. The molecule has 2 unspecified atom stereocenters. The minimum absolute atomic E-state index is 0.0865. The lowest BCUT2D eigenvalue weighted by molar-refractivity contribution is -0.0528. The summed E-state index contributed by atoms with van der Waals surface area (Å²) in [7, 11) is -4.09. The standard InChI is InChI=1S/C31H33ClF3N9O3S2/c1-18-13-31(45,16-41-9-6-36-17-41)14-19(2)44(18)49(46,47)40-21-12-25-26(24-5-8-43(39-24)30(34)35)27(22-4-3-20(33)11-23(22)32)38-28(42(25)15-21)29-37-7-10-48-29/h3-11,17-19,21,27,30,40,45H,12-16H2,1-2H3/t18-,19?,21-,27-,31?/m0/s1. The van der Waals surface area contributed by atoms with Gasteiger partial charge in [0, 0.05) is 83.1 Å². The van der Waals surface area contributed by atoms with Gasteiger partial charge in [-0.15, -0.1) is 11.3 Å². The molecule has 0 spiro atoms. The first-order valence-corrected chi connectivity index (χ1v) is 18.3. The highest BCUT2D eigenvalue weighted by molar-refractivity contribution is 7.87. The van der Waals surface area contributed by atoms with Crippen LogP contribution in [0.5, 0.6) is 0 Å². The van der Waals surface area contributed by atoms with Crippen molar-refractivity contribution in [3.05, 3.63) is 93.6 Å². The van der Waals surface area contributed by atoms with Crippen molar-refractivity contribution in [2.75, 3.05) is 6.54 Å². The zero-order valence-corrected chi connectivity index (χ0v) is 28.8. The summed E-state index contributed by atoms with van der Waals surface area (Å²) < 4.78 is 76.3. The molecule has 2 saturated heterocycles. The van der Waals surface area contributed by atoms with Gasteiger partial charge in [-0.25, -0.2) is 19.0 Å². The number of piperidine rings is 1. The van der Waals surface area contributed by atoms with E-state index in [-0.39, 0.29) is 43.1 Å². The number of imidazole rings is 1. The smallest absolute Gasteiger partial charge is 0.333 e. The molecule has 3 aliphatic heterocycles. The van der Waals surface area contributed by atoms with Crippen LogP contribution in [0.3, 0.4) is 0 Å². The van der Waals surface area contributed by atoms with E-state index in [1.807, 2.05) is 4.90 Å². The molecule has 4 aromatic rings. The lowest BCUT2D eigenvalue weighted by Crippen LogP contribution is -2.60. The van der Waals surface area contributed by atoms with E-state index >= 15 is 0 Å². The Labute approximate surface area is 289 Å². The molecule has 5 atom stereocenters. The summed E-state index contributed by atoms with van der Waals surface area (Å²) in [5.41, 5.74) is 0.545. The molecule has 0 radical (unpaired) electrons. The minimum atomic E-state index is -4.09. The first-order chi connectivity index (χ1) is 23.3. The highest BCUT2D eigenvalue weighted by Gasteiger charge is 2.47. The molecule has 2 fully saturated rings. The summed E-state index contributed by atoms with van der Waals surface area (Å²) in [6, 6.07) is 2.75. The molecular formula is C31H33ClF3N9O3S2. The lowest BCUT2D eigenvalue weighted by Gasteiger charge is -2.46. The van der Waals surface area contributed by atoms with Gasteiger partial charge in [0.15, 0.2) is 10.8 Å². The van der Waals surface area contributed by atoms with Crippen LogP contribution in [0.4, 0.5) is 13.2 Å². The van der Waals surface area contributed by atoms with E-state index in [9.17, 15) is 26.7 Å². The molecule has 7 rings (SSSR count). The summed E-state index contributed by atoms with van der Waals surface area (Å²) in [5.74, 6) is -0.110. The third-order valence-electron chi connectivity index (χ3n) is 9.07. The molecule has 0 amide bonds. The Morgan fingerprint density at radius 1 is 1.16 bits per heavy atom. The highest BCUT2D eigenvalue weighted by Crippen LogP contribution is 2.46. The molecule has 0 bridgehead atoms. The topological polar surface area (TPSA) is 134 Å². The Morgan fingerprint density at radius 3 is 2.57 bits per heavy atom. The Kier molecular flexibility index (Phi) is 8.94. The van der Waals surface area contributed by atoms with Crippen LogP contribution in [0.2, 0.25) is 5.02 Å². The number of aliphatic imine (C=N–C) groups is 1. The summed E-state index contributed by atoms with van der Waals surface area (Å²) in [6.07, 6.45) is 8.38. The predicted molar refractivity (Wildman–Crippen MR) is 178 cm³/mol. The second kappa shape index (κ2) is 12.9. The Balaban J connectivity index is 1.24. The fourth-order valence-corrected chi connectivity index (χ4v) is 10.1. The van der Waals surface area contributed by atoms with E-state index in [0.717, 1.165) is 12.3 Å². The molecule has 18 heteroatoms. The van der Waals surface area contributed by atoms with Crippen molar-refractivity contribution in [1.82, 2.24) is 38.2 Å². The van der Waals surface area contributed by atoms with Crippen molar-refractivity contribution in [2.45, 2.75) is 76.0 Å². The molecule has 2 N–H and O–H groups in total. The third kappa shape index (κ3) is 6.55. The van der Waals surface area contributed by atoms with Gasteiger partial charge in [-0.2, -0.15) is 31.3 Å². The summed E-state index contributed by atoms with van der Waals surface area (Å²) in [4.78, 5) is 15.3. The zero-order chi connectivity index (χ0) is 34.7. The van der Waals surface area contributed by atoms with E-state index in [2.05, 4.69) is 19.8 Å². The second-order valence-electron chi connectivity index (χ2n) is 12.7. The molecule has 0 saturated carbocycles. The van der Waals surface area contributed by atoms with Crippen molar-refractivity contribution in [3.63, 3.8) is 0 Å². The summed E-state index contributed by atoms with van der Waals surface area (Å²) in [6.45, 7) is 1.11. The molecule has 1 aromatic carbocycles. The van der Waals surface area contributed by atoms with Crippen LogP contribution >= 0.6 is 22.9 Å². The molecular weight excluding hydrogens is 703 g/mol. The summed E-state index contributed by atoms with van der Waals surface area (Å²) in [5, 5.41) is 18.0. The van der Waals surface area contributed by atoms with Gasteiger partial charge in [-0.05, 0) is 44.9 Å². The maximum atomic E-state index is 14.2. The average molecular weight is 736 g/mol. The zero-order valence-electron chi connectivity index (χ0n) is 26.4. The van der Waals surface area contributed by atoms with Crippen molar-refractivity contribution in [3.8, 4) is 0 Å². The van der Waals surface area contributed by atoms with E-state index in [1.165, 1.54) is 33.8 Å². The molecule has 0 aliphatic carbocycles. The van der Waals surface area contributed by atoms with Gasteiger partial charge in [0.2, 0.25) is 0 Å². The quantitative estimate of drug-likeness (QED) is 0.251. The molecule has 49 heavy (non-hydrogen) atoms. The average Bonchev–Trinajstić information content (AvgIpc) is 3.83. The first kappa shape index (κ1) is 33.9. The molecule has 3 aliphatic rings. The van der Waals surface area contributed by atoms with Gasteiger partial charge >= 0.3 is 6.55 Å². The van der Waals surface area contributed by atoms with Crippen LogP contribution in [0.25, 0.3) is 5.57 Å². The SMILES string of the molecule is CC1CC(O)(Cn2ccnc2)C[C@H](C)N1S(=O)(=O)N[C@H]1CC2=C(c3ccn(C(F)F)n3)[C@H](c3ccc(F)cc3Cl)N=C(c3nccs3)N2C1. The lowest BCUT2D eigenvalue weighted by atomic mass is 9.84. The van der Waals surface area contributed by atoms with E-state index in [1.54, 1.807) is 48.7 Å². The van der Waals surface area contributed by atoms with Crippen LogP contribution in [-0.4, -0.2) is 83.2 Å². The van der Waals surface area contributed by atoms with E-state index in [0.29, 0.717) is 32.4 Å². The molecule has 12 nitrogen and oxygen atoms in total. The number of halogens is 4. The number of hydrogen-bond donors (Lipinski definition) is 2. The van der Waals surface area contributed by atoms with Gasteiger partial charge in [-0.3, -0.25) is 4.99 Å². The number of aromatic nitrogens is 5. The maximum Gasteiger partial charge on any atom is 0.333 e. The number of rotatable bonds is 9. The van der Waals surface area contributed by atoms with Crippen LogP contribution in [0.15, 0.2) is 71.4 Å². The fraction of sp³-hybridized carbons (Fsp3) is 0.419. The van der Waals surface area contributed by atoms with Crippen LogP contribution in [0.1, 0.15) is 62.0 Å². The first-order valence-electron chi connectivity index (χ1n) is 15.6. The fourth-order valence-electron chi connectivity index (χ4n) is 7.42. The van der Waals surface area contributed by atoms with Crippen molar-refractivity contribution < 1.29 is 26.7 Å².